The third kappa shape index (κ3) is 7.03. The van der Waals surface area contributed by atoms with Gasteiger partial charge in [0, 0.05) is 15.8 Å². The Labute approximate surface area is 122 Å². The van der Waals surface area contributed by atoms with Crippen molar-refractivity contribution in [3.05, 3.63) is 21.9 Å². The van der Waals surface area contributed by atoms with Crippen molar-refractivity contribution >= 4 is 38.5 Å². The minimum Gasteiger partial charge on any atom is -0.741 e. The average Bonchev–Trinajstić information content (AvgIpc) is 2.14. The number of hydrogen-bond acceptors (Lipinski definition) is 4. The van der Waals surface area contributed by atoms with Crippen molar-refractivity contribution in [2.45, 2.75) is 5.51 Å². The smallest absolute Gasteiger partial charge is 0.485 e. The third-order valence-electron chi connectivity index (χ3n) is 1.68. The van der Waals surface area contributed by atoms with Gasteiger partial charge in [-0.3, -0.25) is 4.48 Å². The van der Waals surface area contributed by atoms with Gasteiger partial charge in [0.05, 0.1) is 21.1 Å². The number of hydrogen-bond donors (Lipinski definition) is 0. The molecule has 0 fully saturated rings. The van der Waals surface area contributed by atoms with Crippen LogP contribution < -0.4 is 4.48 Å². The summed E-state index contributed by atoms with van der Waals surface area (Å²) in [5.41, 5.74) is -5.65. The summed E-state index contributed by atoms with van der Waals surface area (Å²) in [6.45, 7) is 0. The van der Waals surface area contributed by atoms with Gasteiger partial charge in [0.15, 0.2) is 10.1 Å². The standard InChI is InChI=1S/C8H12IN2.CHF3O3S/c1-11(2,3)8-5-4-7(9)6-10-8;2-1(3,4)8(5,6)7/h4-6H,1-3H3;(H,5,6,7)/q+1;/p-1. The second-order valence-corrected chi connectivity index (χ2v) is 6.86. The van der Waals surface area contributed by atoms with Gasteiger partial charge in [0.2, 0.25) is 5.82 Å². The van der Waals surface area contributed by atoms with E-state index >= 15 is 0 Å². The molecule has 0 saturated carbocycles. The zero-order valence-electron chi connectivity index (χ0n) is 10.3. The molecule has 1 rings (SSSR count). The number of halogens is 4. The Morgan fingerprint density at radius 3 is 1.89 bits per heavy atom. The highest BCUT2D eigenvalue weighted by atomic mass is 127. The number of quaternary nitrogens is 1. The summed E-state index contributed by atoms with van der Waals surface area (Å²) in [6, 6.07) is 4.13. The number of alkyl halides is 3. The Morgan fingerprint density at radius 1 is 1.26 bits per heavy atom. The lowest BCUT2D eigenvalue weighted by atomic mass is 10.4. The van der Waals surface area contributed by atoms with Crippen molar-refractivity contribution in [2.75, 3.05) is 21.1 Å². The summed E-state index contributed by atoms with van der Waals surface area (Å²) in [5, 5.41) is 0. The van der Waals surface area contributed by atoms with Gasteiger partial charge in [-0.25, -0.2) is 13.4 Å². The molecule has 5 nitrogen and oxygen atoms in total. The van der Waals surface area contributed by atoms with Crippen LogP contribution in [-0.4, -0.2) is 44.6 Å². The first-order chi connectivity index (χ1) is 8.25. The zero-order valence-corrected chi connectivity index (χ0v) is 13.2. The molecule has 1 aromatic rings. The van der Waals surface area contributed by atoms with Crippen LogP contribution >= 0.6 is 22.6 Å². The highest BCUT2D eigenvalue weighted by molar-refractivity contribution is 14.1. The van der Waals surface area contributed by atoms with Crippen LogP contribution in [0.2, 0.25) is 0 Å². The second-order valence-electron chi connectivity index (χ2n) is 4.25. The lowest BCUT2D eigenvalue weighted by molar-refractivity contribution is -0.0517. The molecule has 0 aliphatic heterocycles. The first-order valence-corrected chi connectivity index (χ1v) is 7.19. The predicted octanol–water partition coefficient (Wildman–Crippen LogP) is 1.93. The number of pyridine rings is 1. The molecular weight excluding hydrogens is 400 g/mol. The highest BCUT2D eigenvalue weighted by Gasteiger charge is 2.36. The van der Waals surface area contributed by atoms with E-state index < -0.39 is 15.6 Å². The number of nitrogens with zero attached hydrogens (tertiary/aromatic N) is 2. The van der Waals surface area contributed by atoms with Gasteiger partial charge in [-0.1, -0.05) is 0 Å². The topological polar surface area (TPSA) is 70.1 Å². The summed E-state index contributed by atoms with van der Waals surface area (Å²) in [5.74, 6) is 1.09. The average molecular weight is 412 g/mol. The monoisotopic (exact) mass is 412 g/mol. The maximum Gasteiger partial charge on any atom is 0.485 e. The lowest BCUT2D eigenvalue weighted by Crippen LogP contribution is -2.35. The Hall–Kier alpha value is -0.460. The fourth-order valence-corrected chi connectivity index (χ4v) is 1.08. The van der Waals surface area contributed by atoms with Crippen LogP contribution in [-0.2, 0) is 10.1 Å². The van der Waals surface area contributed by atoms with Gasteiger partial charge >= 0.3 is 5.51 Å². The molecule has 0 unspecified atom stereocenters. The van der Waals surface area contributed by atoms with Crippen molar-refractivity contribution in [3.63, 3.8) is 0 Å². The molecule has 0 atom stereocenters. The Balaban J connectivity index is 0.000000362. The summed E-state index contributed by atoms with van der Waals surface area (Å²) < 4.78 is 60.9. The maximum absolute atomic E-state index is 10.7. The van der Waals surface area contributed by atoms with E-state index in [1.807, 2.05) is 6.20 Å². The SMILES string of the molecule is C[N+](C)(C)c1ccc(I)cn1.O=S(=O)([O-])C(F)(F)F. The van der Waals surface area contributed by atoms with Gasteiger partial charge in [-0.2, -0.15) is 13.2 Å². The molecule has 0 saturated heterocycles. The Morgan fingerprint density at radius 2 is 1.68 bits per heavy atom. The molecule has 0 spiro atoms. The minimum absolute atomic E-state index is 0.775. The molecule has 0 aliphatic carbocycles. The van der Waals surface area contributed by atoms with Crippen LogP contribution in [0, 0.1) is 3.57 Å². The Kier molecular flexibility index (Phi) is 6.17. The Bertz CT molecular complexity index is 509. The molecule has 110 valence electrons. The van der Waals surface area contributed by atoms with Gasteiger partial charge in [0.25, 0.3) is 0 Å². The summed E-state index contributed by atoms with van der Waals surface area (Å²) in [6.07, 6.45) is 1.89. The van der Waals surface area contributed by atoms with Crippen molar-refractivity contribution in [2.24, 2.45) is 0 Å². The quantitative estimate of drug-likeness (QED) is 0.306. The van der Waals surface area contributed by atoms with E-state index in [9.17, 15) is 13.2 Å². The van der Waals surface area contributed by atoms with Crippen LogP contribution in [0.15, 0.2) is 18.3 Å². The number of rotatable bonds is 1. The largest absolute Gasteiger partial charge is 0.741 e. The minimum atomic E-state index is -6.09. The van der Waals surface area contributed by atoms with Crippen molar-refractivity contribution in [1.29, 1.82) is 0 Å². The van der Waals surface area contributed by atoms with Gasteiger partial charge in [-0.05, 0) is 28.7 Å². The van der Waals surface area contributed by atoms with Crippen LogP contribution in [0.5, 0.6) is 0 Å². The van der Waals surface area contributed by atoms with Crippen LogP contribution in [0.1, 0.15) is 0 Å². The fourth-order valence-electron chi connectivity index (χ4n) is 0.765. The normalized spacial score (nSPS) is 12.6. The van der Waals surface area contributed by atoms with E-state index in [0.29, 0.717) is 0 Å². The van der Waals surface area contributed by atoms with Crippen LogP contribution in [0.3, 0.4) is 0 Å². The summed E-state index contributed by atoms with van der Waals surface area (Å²) in [4.78, 5) is 4.31. The predicted molar refractivity (Wildman–Crippen MR) is 72.3 cm³/mol. The van der Waals surface area contributed by atoms with Gasteiger partial charge < -0.3 is 4.55 Å². The molecular formula is C9H12F3IN2O3S. The third-order valence-corrected chi connectivity index (χ3v) is 2.89. The van der Waals surface area contributed by atoms with E-state index in [1.165, 1.54) is 3.57 Å². The molecule has 0 radical (unpaired) electrons. The molecule has 10 heteroatoms. The molecule has 0 aromatic carbocycles. The van der Waals surface area contributed by atoms with E-state index in [2.05, 4.69) is 60.9 Å². The molecule has 0 amide bonds. The van der Waals surface area contributed by atoms with E-state index in [4.69, 9.17) is 13.0 Å². The van der Waals surface area contributed by atoms with Gasteiger partial charge in [-0.15, -0.1) is 0 Å². The summed E-state index contributed by atoms with van der Waals surface area (Å²) in [7, 11) is 0.229. The van der Waals surface area contributed by atoms with E-state index in [1.54, 1.807) is 0 Å². The van der Waals surface area contributed by atoms with Crippen molar-refractivity contribution in [3.8, 4) is 0 Å². The molecule has 0 aliphatic rings. The summed E-state index contributed by atoms with van der Waals surface area (Å²) >= 11 is 2.26. The molecule has 19 heavy (non-hydrogen) atoms. The maximum atomic E-state index is 10.7. The lowest BCUT2D eigenvalue weighted by Gasteiger charge is -2.21. The van der Waals surface area contributed by atoms with Crippen molar-refractivity contribution < 1.29 is 26.1 Å². The van der Waals surface area contributed by atoms with Gasteiger partial charge in [0.1, 0.15) is 0 Å². The zero-order chi connectivity index (χ0) is 15.5. The second kappa shape index (κ2) is 6.33. The molecule has 0 N–H and O–H groups in total. The van der Waals surface area contributed by atoms with Crippen LogP contribution in [0.25, 0.3) is 0 Å². The number of aromatic nitrogens is 1. The van der Waals surface area contributed by atoms with E-state index in [-0.39, 0.29) is 0 Å². The molecule has 0 bridgehead atoms. The first-order valence-electron chi connectivity index (χ1n) is 4.71. The van der Waals surface area contributed by atoms with E-state index in [0.717, 1.165) is 10.3 Å². The van der Waals surface area contributed by atoms with Crippen LogP contribution in [0.4, 0.5) is 19.0 Å². The highest BCUT2D eigenvalue weighted by Crippen LogP contribution is 2.20. The fraction of sp³-hybridized carbons (Fsp3) is 0.444. The first kappa shape index (κ1) is 18.5. The molecule has 1 heterocycles. The van der Waals surface area contributed by atoms with Crippen molar-refractivity contribution in [1.82, 2.24) is 9.47 Å². The molecule has 1 aromatic heterocycles.